The summed E-state index contributed by atoms with van der Waals surface area (Å²) in [7, 11) is 0. The zero-order chi connectivity index (χ0) is 49.5. The quantitative estimate of drug-likeness (QED) is 0.0321. The van der Waals surface area contributed by atoms with Crippen molar-refractivity contribution in [2.45, 2.75) is 302 Å². The fourth-order valence-corrected chi connectivity index (χ4v) is 8.64. The maximum absolute atomic E-state index is 13.3. The first-order valence-corrected chi connectivity index (χ1v) is 29.2. The molecule has 0 radical (unpaired) electrons. The summed E-state index contributed by atoms with van der Waals surface area (Å²) >= 11 is 0. The Bertz CT molecular complexity index is 1250. The van der Waals surface area contributed by atoms with Crippen LogP contribution < -0.4 is 5.32 Å². The van der Waals surface area contributed by atoms with Gasteiger partial charge in [0.2, 0.25) is 5.91 Å². The fourth-order valence-electron chi connectivity index (χ4n) is 8.64. The predicted octanol–water partition coefficient (Wildman–Crippen LogP) is 18.1. The van der Waals surface area contributed by atoms with Crippen LogP contribution in [0.1, 0.15) is 284 Å². The monoisotopic (exact) mass is 950 g/mol. The molecule has 0 aromatic rings. The van der Waals surface area contributed by atoms with Gasteiger partial charge in [0.1, 0.15) is 6.10 Å². The third-order valence-electron chi connectivity index (χ3n) is 13.0. The molecule has 3 unspecified atom stereocenters. The second kappa shape index (κ2) is 55.2. The molecule has 1 amide bonds. The highest BCUT2D eigenvalue weighted by Crippen LogP contribution is 2.18. The standard InChI is InChI=1S/C62H111NO5/c1-4-7-10-13-16-19-22-25-28-30-33-36-39-42-45-48-51-54-60(65)59(57-64)63-61(66)56-58(53-50-47-44-41-38-35-32-27-24-21-18-15-12-9-6-3)68-62(67)55-52-49-46-43-40-37-34-31-29-26-23-20-17-14-11-8-5-2/h8,11,17,20,26-27,29,32,34,37,43,46,58-60,64-65H,4-7,9-10,12-16,18-19,21-25,28,30-31,33,35-36,38-42,44-45,47-57H2,1-3H3,(H,63,66)/b11-8-,20-17-,29-26-,32-27+,37-34-,46-43-. The normalized spacial score (nSPS) is 13.7. The number of carbonyl (C=O) groups excluding carboxylic acids is 2. The molecule has 0 saturated carbocycles. The van der Waals surface area contributed by atoms with Crippen LogP contribution in [-0.4, -0.2) is 46.9 Å². The maximum Gasteiger partial charge on any atom is 0.306 e. The Kier molecular flexibility index (Phi) is 53.0. The number of carbonyl (C=O) groups is 2. The Labute approximate surface area is 421 Å². The predicted molar refractivity (Wildman–Crippen MR) is 296 cm³/mol. The second-order valence-electron chi connectivity index (χ2n) is 19.7. The van der Waals surface area contributed by atoms with Crippen molar-refractivity contribution in [1.82, 2.24) is 5.32 Å². The van der Waals surface area contributed by atoms with Gasteiger partial charge in [0.05, 0.1) is 25.2 Å². The van der Waals surface area contributed by atoms with Crippen molar-refractivity contribution < 1.29 is 24.5 Å². The topological polar surface area (TPSA) is 95.9 Å². The van der Waals surface area contributed by atoms with Crippen LogP contribution in [0.2, 0.25) is 0 Å². The summed E-state index contributed by atoms with van der Waals surface area (Å²) < 4.78 is 5.93. The van der Waals surface area contributed by atoms with Crippen LogP contribution in [0.5, 0.6) is 0 Å². The van der Waals surface area contributed by atoms with E-state index >= 15 is 0 Å². The van der Waals surface area contributed by atoms with Crippen LogP contribution >= 0.6 is 0 Å². The number of ether oxygens (including phenoxy) is 1. The van der Waals surface area contributed by atoms with E-state index in [1.165, 1.54) is 148 Å². The second-order valence-corrected chi connectivity index (χ2v) is 19.7. The van der Waals surface area contributed by atoms with Crippen molar-refractivity contribution in [2.24, 2.45) is 0 Å². The molecule has 6 heteroatoms. The van der Waals surface area contributed by atoms with Crippen LogP contribution in [0.3, 0.4) is 0 Å². The molecule has 0 fully saturated rings. The van der Waals surface area contributed by atoms with Gasteiger partial charge in [-0.1, -0.05) is 254 Å². The fraction of sp³-hybridized carbons (Fsp3) is 0.774. The number of amides is 1. The van der Waals surface area contributed by atoms with E-state index in [2.05, 4.69) is 99.0 Å². The van der Waals surface area contributed by atoms with Gasteiger partial charge < -0.3 is 20.3 Å². The van der Waals surface area contributed by atoms with Crippen LogP contribution in [0.25, 0.3) is 0 Å². The van der Waals surface area contributed by atoms with E-state index in [0.717, 1.165) is 83.5 Å². The van der Waals surface area contributed by atoms with Crippen LogP contribution in [0, 0.1) is 0 Å². The molecule has 0 aromatic heterocycles. The summed E-state index contributed by atoms with van der Waals surface area (Å²) in [5, 5.41) is 23.9. The van der Waals surface area contributed by atoms with E-state index < -0.39 is 18.2 Å². The van der Waals surface area contributed by atoms with E-state index in [-0.39, 0.29) is 24.9 Å². The molecule has 6 nitrogen and oxygen atoms in total. The van der Waals surface area contributed by atoms with Crippen molar-refractivity contribution in [2.75, 3.05) is 6.61 Å². The molecular formula is C62H111NO5. The number of aliphatic hydroxyl groups excluding tert-OH is 2. The highest BCUT2D eigenvalue weighted by atomic mass is 16.5. The molecule has 0 bridgehead atoms. The minimum absolute atomic E-state index is 0.0479. The van der Waals surface area contributed by atoms with Gasteiger partial charge in [-0.15, -0.1) is 0 Å². The first kappa shape index (κ1) is 65.3. The Balaban J connectivity index is 4.63. The smallest absolute Gasteiger partial charge is 0.306 e. The van der Waals surface area contributed by atoms with Crippen molar-refractivity contribution in [3.63, 3.8) is 0 Å². The lowest BCUT2D eigenvalue weighted by Gasteiger charge is -2.24. The van der Waals surface area contributed by atoms with Crippen molar-refractivity contribution >= 4 is 11.9 Å². The number of nitrogens with one attached hydrogen (secondary N) is 1. The number of hydrogen-bond donors (Lipinski definition) is 3. The van der Waals surface area contributed by atoms with Crippen molar-refractivity contribution in [1.29, 1.82) is 0 Å². The van der Waals surface area contributed by atoms with E-state index in [1.807, 2.05) is 0 Å². The first-order valence-electron chi connectivity index (χ1n) is 29.2. The van der Waals surface area contributed by atoms with Crippen molar-refractivity contribution in [3.05, 3.63) is 72.9 Å². The Morgan fingerprint density at radius 1 is 0.441 bits per heavy atom. The molecule has 0 spiro atoms. The van der Waals surface area contributed by atoms with Gasteiger partial charge in [0.25, 0.3) is 0 Å². The molecule has 0 aliphatic rings. The lowest BCUT2D eigenvalue weighted by atomic mass is 10.0. The molecule has 0 aromatic carbocycles. The van der Waals surface area contributed by atoms with Gasteiger partial charge in [-0.25, -0.2) is 0 Å². The summed E-state index contributed by atoms with van der Waals surface area (Å²) in [4.78, 5) is 26.3. The molecule has 3 atom stereocenters. The average Bonchev–Trinajstić information content (AvgIpc) is 3.33. The number of allylic oxidation sites excluding steroid dienone is 12. The van der Waals surface area contributed by atoms with Crippen LogP contribution in [0.15, 0.2) is 72.9 Å². The van der Waals surface area contributed by atoms with E-state index in [0.29, 0.717) is 25.7 Å². The maximum atomic E-state index is 13.3. The number of rotatable bonds is 52. The van der Waals surface area contributed by atoms with Gasteiger partial charge in [-0.2, -0.15) is 0 Å². The molecule has 0 heterocycles. The van der Waals surface area contributed by atoms with Crippen LogP contribution in [-0.2, 0) is 14.3 Å². The third-order valence-corrected chi connectivity index (χ3v) is 13.0. The van der Waals surface area contributed by atoms with E-state index in [4.69, 9.17) is 4.74 Å². The Hall–Kier alpha value is -2.70. The number of unbranched alkanes of at least 4 members (excludes halogenated alkanes) is 28. The molecule has 0 saturated heterocycles. The minimum Gasteiger partial charge on any atom is -0.462 e. The summed E-state index contributed by atoms with van der Waals surface area (Å²) in [6, 6.07) is -0.719. The molecule has 0 rings (SSSR count). The summed E-state index contributed by atoms with van der Waals surface area (Å²) in [5.41, 5.74) is 0. The zero-order valence-electron chi connectivity index (χ0n) is 45.0. The third kappa shape index (κ3) is 49.7. The summed E-state index contributed by atoms with van der Waals surface area (Å²) in [6.45, 7) is 6.38. The number of hydrogen-bond acceptors (Lipinski definition) is 5. The van der Waals surface area contributed by atoms with Gasteiger partial charge in [0.15, 0.2) is 0 Å². The molecule has 394 valence electrons. The van der Waals surface area contributed by atoms with E-state index in [9.17, 15) is 19.8 Å². The zero-order valence-corrected chi connectivity index (χ0v) is 45.0. The number of esters is 1. The highest BCUT2D eigenvalue weighted by molar-refractivity contribution is 5.77. The minimum atomic E-state index is -0.803. The van der Waals surface area contributed by atoms with Crippen LogP contribution in [0.4, 0.5) is 0 Å². The molecular weight excluding hydrogens is 839 g/mol. The highest BCUT2D eigenvalue weighted by Gasteiger charge is 2.24. The largest absolute Gasteiger partial charge is 0.462 e. The lowest BCUT2D eigenvalue weighted by Crippen LogP contribution is -2.46. The number of aliphatic hydroxyl groups is 2. The molecule has 0 aliphatic heterocycles. The lowest BCUT2D eigenvalue weighted by molar-refractivity contribution is -0.151. The van der Waals surface area contributed by atoms with Gasteiger partial charge in [0, 0.05) is 6.42 Å². The van der Waals surface area contributed by atoms with Gasteiger partial charge in [-0.05, 0) is 89.9 Å². The Morgan fingerprint density at radius 2 is 0.794 bits per heavy atom. The molecule has 3 N–H and O–H groups in total. The van der Waals surface area contributed by atoms with E-state index in [1.54, 1.807) is 0 Å². The van der Waals surface area contributed by atoms with Crippen molar-refractivity contribution in [3.8, 4) is 0 Å². The van der Waals surface area contributed by atoms with Gasteiger partial charge in [-0.3, -0.25) is 9.59 Å². The van der Waals surface area contributed by atoms with Gasteiger partial charge >= 0.3 is 5.97 Å². The molecule has 0 aliphatic carbocycles. The summed E-state index contributed by atoms with van der Waals surface area (Å²) in [6.07, 6.45) is 71.1. The molecule has 68 heavy (non-hydrogen) atoms. The summed E-state index contributed by atoms with van der Waals surface area (Å²) in [5.74, 6) is -0.546. The Morgan fingerprint density at radius 3 is 1.22 bits per heavy atom. The first-order chi connectivity index (χ1) is 33.5. The SMILES string of the molecule is CC/C=C\C/C=C\C/C=C\C/C=C\C/C=C\CCCC(=O)OC(CCCCCCC/C=C/CCCCCCCC)CC(=O)NC(CO)C(O)CCCCCCCCCCCCCCCCCCC. The average molecular weight is 951 g/mol.